The van der Waals surface area contributed by atoms with Gasteiger partial charge in [-0.15, -0.1) is 0 Å². The Balaban J connectivity index is 2.42. The van der Waals surface area contributed by atoms with Gasteiger partial charge in [-0.25, -0.2) is 4.98 Å². The highest BCUT2D eigenvalue weighted by Crippen LogP contribution is 2.29. The molecule has 26 heavy (non-hydrogen) atoms. The fourth-order valence-corrected chi connectivity index (χ4v) is 2.76. The number of rotatable bonds is 8. The predicted octanol–water partition coefficient (Wildman–Crippen LogP) is 4.54. The standard InChI is InChI=1S/C21H28N4O/c1-6-7-10-13-23-21(26)19-14-20(25(5)16(3)15(2)22-4)17-11-8-9-12-18(17)24-19/h8-9,11-12,14H,4,6-7,10,13H2,1-3,5H3,(H,23,26)/b16-15-. The first kappa shape index (κ1) is 19.6. The third-order valence-electron chi connectivity index (χ3n) is 4.62. The van der Waals surface area contributed by atoms with Gasteiger partial charge in [-0.05, 0) is 39.1 Å². The Bertz CT molecular complexity index is 826. The van der Waals surface area contributed by atoms with Crippen LogP contribution in [0.1, 0.15) is 50.5 Å². The first-order chi connectivity index (χ1) is 12.5. The summed E-state index contributed by atoms with van der Waals surface area (Å²) < 4.78 is 0. The summed E-state index contributed by atoms with van der Waals surface area (Å²) in [6, 6.07) is 9.70. The summed E-state index contributed by atoms with van der Waals surface area (Å²) in [5.41, 5.74) is 3.98. The number of nitrogens with zero attached hydrogens (tertiary/aromatic N) is 3. The van der Waals surface area contributed by atoms with Crippen molar-refractivity contribution >= 4 is 29.2 Å². The summed E-state index contributed by atoms with van der Waals surface area (Å²) in [7, 11) is 1.97. The third kappa shape index (κ3) is 4.48. The molecular weight excluding hydrogens is 324 g/mol. The van der Waals surface area contributed by atoms with Gasteiger partial charge in [0.1, 0.15) is 5.69 Å². The van der Waals surface area contributed by atoms with Gasteiger partial charge < -0.3 is 10.2 Å². The van der Waals surface area contributed by atoms with E-state index in [9.17, 15) is 4.79 Å². The summed E-state index contributed by atoms with van der Waals surface area (Å²) >= 11 is 0. The van der Waals surface area contributed by atoms with Gasteiger partial charge in [0.25, 0.3) is 5.91 Å². The maximum atomic E-state index is 12.6. The highest BCUT2D eigenvalue weighted by molar-refractivity contribution is 6.00. The van der Waals surface area contributed by atoms with Crippen molar-refractivity contribution in [3.63, 3.8) is 0 Å². The SMILES string of the molecule is C=N/C(C)=C(/C)N(C)c1cc(C(=O)NCCCCC)nc2ccccc12. The Labute approximate surface area is 155 Å². The molecule has 5 heteroatoms. The van der Waals surface area contributed by atoms with Gasteiger partial charge in [-0.2, -0.15) is 0 Å². The second kappa shape index (κ2) is 9.13. The number of allylic oxidation sites excluding steroid dienone is 2. The highest BCUT2D eigenvalue weighted by atomic mass is 16.1. The number of amides is 1. The third-order valence-corrected chi connectivity index (χ3v) is 4.62. The van der Waals surface area contributed by atoms with E-state index in [0.717, 1.165) is 47.2 Å². The fourth-order valence-electron chi connectivity index (χ4n) is 2.76. The van der Waals surface area contributed by atoms with E-state index in [1.165, 1.54) is 0 Å². The van der Waals surface area contributed by atoms with Crippen LogP contribution in [0.2, 0.25) is 0 Å². The molecule has 1 amide bonds. The monoisotopic (exact) mass is 352 g/mol. The molecule has 2 aromatic rings. The second-order valence-electron chi connectivity index (χ2n) is 6.39. The van der Waals surface area contributed by atoms with Gasteiger partial charge in [-0.1, -0.05) is 38.0 Å². The van der Waals surface area contributed by atoms with Crippen molar-refractivity contribution in [1.82, 2.24) is 10.3 Å². The molecule has 0 spiro atoms. The molecule has 1 aromatic heterocycles. The molecule has 1 aromatic carbocycles. The zero-order chi connectivity index (χ0) is 19.1. The molecule has 5 nitrogen and oxygen atoms in total. The molecular formula is C21H28N4O. The van der Waals surface area contributed by atoms with Crippen LogP contribution < -0.4 is 10.2 Å². The number of para-hydroxylation sites is 1. The van der Waals surface area contributed by atoms with Crippen LogP contribution in [0, 0.1) is 0 Å². The maximum Gasteiger partial charge on any atom is 0.269 e. The minimum atomic E-state index is -0.137. The molecule has 0 unspecified atom stereocenters. The number of aromatic nitrogens is 1. The van der Waals surface area contributed by atoms with E-state index >= 15 is 0 Å². The van der Waals surface area contributed by atoms with Gasteiger partial charge in [0.2, 0.25) is 0 Å². The molecule has 0 bridgehead atoms. The molecule has 138 valence electrons. The van der Waals surface area contributed by atoms with E-state index < -0.39 is 0 Å². The van der Waals surface area contributed by atoms with Crippen molar-refractivity contribution in [2.45, 2.75) is 40.0 Å². The van der Waals surface area contributed by atoms with Gasteiger partial charge in [0.05, 0.1) is 16.9 Å². The minimum absolute atomic E-state index is 0.137. The number of hydrogen-bond donors (Lipinski definition) is 1. The number of anilines is 1. The van der Waals surface area contributed by atoms with E-state index in [1.54, 1.807) is 0 Å². The topological polar surface area (TPSA) is 57.6 Å². The summed E-state index contributed by atoms with van der Waals surface area (Å²) in [4.78, 5) is 23.2. The van der Waals surface area contributed by atoms with Gasteiger partial charge in [0.15, 0.2) is 0 Å². The van der Waals surface area contributed by atoms with Crippen LogP contribution >= 0.6 is 0 Å². The van der Waals surface area contributed by atoms with Crippen LogP contribution in [0.25, 0.3) is 10.9 Å². The Kier molecular flexibility index (Phi) is 6.89. The van der Waals surface area contributed by atoms with E-state index in [-0.39, 0.29) is 5.91 Å². The van der Waals surface area contributed by atoms with Gasteiger partial charge in [0, 0.05) is 24.7 Å². The Morgan fingerprint density at radius 3 is 2.69 bits per heavy atom. The van der Waals surface area contributed by atoms with Crippen molar-refractivity contribution in [1.29, 1.82) is 0 Å². The number of hydrogen-bond acceptors (Lipinski definition) is 4. The Morgan fingerprint density at radius 1 is 1.27 bits per heavy atom. The molecule has 0 fully saturated rings. The van der Waals surface area contributed by atoms with Crippen molar-refractivity contribution < 1.29 is 4.79 Å². The number of fused-ring (bicyclic) bond motifs is 1. The molecule has 1 heterocycles. The molecule has 0 aliphatic heterocycles. The van der Waals surface area contributed by atoms with Crippen LogP contribution in [-0.2, 0) is 0 Å². The van der Waals surface area contributed by atoms with Gasteiger partial charge in [-0.3, -0.25) is 9.79 Å². The zero-order valence-electron chi connectivity index (χ0n) is 16.2. The highest BCUT2D eigenvalue weighted by Gasteiger charge is 2.15. The number of unbranched alkanes of at least 4 members (excludes halogenated alkanes) is 2. The molecule has 1 N–H and O–H groups in total. The Hall–Kier alpha value is -2.69. The van der Waals surface area contributed by atoms with E-state index in [1.807, 2.05) is 56.1 Å². The molecule has 0 radical (unpaired) electrons. The number of carbonyl (C=O) groups is 1. The first-order valence-electron chi connectivity index (χ1n) is 9.05. The van der Waals surface area contributed by atoms with E-state index in [2.05, 4.69) is 28.9 Å². The molecule has 0 atom stereocenters. The summed E-state index contributed by atoms with van der Waals surface area (Å²) in [5, 5.41) is 3.96. The van der Waals surface area contributed by atoms with Crippen molar-refractivity contribution in [3.05, 3.63) is 47.4 Å². The average Bonchev–Trinajstić information content (AvgIpc) is 2.68. The first-order valence-corrected chi connectivity index (χ1v) is 9.05. The van der Waals surface area contributed by atoms with Crippen LogP contribution in [-0.4, -0.2) is 31.2 Å². The molecule has 0 saturated carbocycles. The average molecular weight is 352 g/mol. The van der Waals surface area contributed by atoms with E-state index in [0.29, 0.717) is 12.2 Å². The summed E-state index contributed by atoms with van der Waals surface area (Å²) in [6.45, 7) is 10.3. The minimum Gasteiger partial charge on any atom is -0.351 e. The molecule has 0 aliphatic rings. The molecule has 0 aliphatic carbocycles. The van der Waals surface area contributed by atoms with Crippen molar-refractivity contribution in [2.24, 2.45) is 4.99 Å². The summed E-state index contributed by atoms with van der Waals surface area (Å²) in [5.74, 6) is -0.137. The lowest BCUT2D eigenvalue weighted by Crippen LogP contribution is -2.26. The Morgan fingerprint density at radius 2 is 2.00 bits per heavy atom. The summed E-state index contributed by atoms with van der Waals surface area (Å²) in [6.07, 6.45) is 3.22. The van der Waals surface area contributed by atoms with Crippen LogP contribution in [0.15, 0.2) is 46.7 Å². The lowest BCUT2D eigenvalue weighted by atomic mass is 10.1. The van der Waals surface area contributed by atoms with Crippen molar-refractivity contribution in [3.8, 4) is 0 Å². The number of aliphatic imine (C=N–C) groups is 1. The molecule has 2 rings (SSSR count). The van der Waals surface area contributed by atoms with Crippen LogP contribution in [0.4, 0.5) is 5.69 Å². The fraction of sp³-hybridized carbons (Fsp3) is 0.381. The van der Waals surface area contributed by atoms with Gasteiger partial charge >= 0.3 is 0 Å². The maximum absolute atomic E-state index is 12.6. The van der Waals surface area contributed by atoms with Crippen LogP contribution in [0.3, 0.4) is 0 Å². The lowest BCUT2D eigenvalue weighted by molar-refractivity contribution is 0.0948. The predicted molar refractivity (Wildman–Crippen MR) is 110 cm³/mol. The number of carbonyl (C=O) groups excluding carboxylic acids is 1. The smallest absolute Gasteiger partial charge is 0.269 e. The number of benzene rings is 1. The second-order valence-corrected chi connectivity index (χ2v) is 6.39. The largest absolute Gasteiger partial charge is 0.351 e. The van der Waals surface area contributed by atoms with E-state index in [4.69, 9.17) is 0 Å². The quantitative estimate of drug-likeness (QED) is 0.560. The zero-order valence-corrected chi connectivity index (χ0v) is 16.2. The number of pyridine rings is 1. The number of nitrogens with one attached hydrogen (secondary N) is 1. The van der Waals surface area contributed by atoms with Crippen molar-refractivity contribution in [2.75, 3.05) is 18.5 Å². The van der Waals surface area contributed by atoms with Crippen LogP contribution in [0.5, 0.6) is 0 Å². The lowest BCUT2D eigenvalue weighted by Gasteiger charge is -2.23. The molecule has 0 saturated heterocycles. The normalized spacial score (nSPS) is 11.8.